The molecule has 0 fully saturated rings. The minimum absolute atomic E-state index is 0.000753. The zero-order valence-corrected chi connectivity index (χ0v) is 51.5. The van der Waals surface area contributed by atoms with Crippen molar-refractivity contribution in [3.8, 4) is 89.0 Å². The molecule has 16 rings (SSSR count). The summed E-state index contributed by atoms with van der Waals surface area (Å²) in [5.41, 5.74) is 31.2. The first kappa shape index (κ1) is 53.4. The van der Waals surface area contributed by atoms with Crippen LogP contribution in [0.25, 0.3) is 132 Å². The highest BCUT2D eigenvalue weighted by molar-refractivity contribution is 6.23. The zero-order chi connectivity index (χ0) is 58.9. The fourth-order valence-electron chi connectivity index (χ4n) is 17.7. The smallest absolute Gasteiger partial charge is 0.0210 e. The van der Waals surface area contributed by atoms with E-state index in [9.17, 15) is 0 Å². The third-order valence-corrected chi connectivity index (χ3v) is 22.3. The molecule has 0 heteroatoms. The molecule has 0 aliphatic heterocycles. The topological polar surface area (TPSA) is 0 Å². The van der Waals surface area contributed by atoms with Gasteiger partial charge in [0.2, 0.25) is 0 Å². The van der Waals surface area contributed by atoms with Gasteiger partial charge in [0.25, 0.3) is 0 Å². The quantitative estimate of drug-likeness (QED) is 0.107. The number of hydrogen-bond acceptors (Lipinski definition) is 0. The summed E-state index contributed by atoms with van der Waals surface area (Å²) in [5.74, 6) is 0. The summed E-state index contributed by atoms with van der Waals surface area (Å²) in [7, 11) is 0. The van der Waals surface area contributed by atoms with Crippen LogP contribution in [0, 0.1) is 0 Å². The van der Waals surface area contributed by atoms with Crippen LogP contribution in [0.15, 0.2) is 237 Å². The first-order valence-corrected chi connectivity index (χ1v) is 32.6. The third-order valence-electron chi connectivity index (χ3n) is 22.3. The summed E-state index contributed by atoms with van der Waals surface area (Å²) in [4.78, 5) is 0. The number of fused-ring (bicyclic) bond motifs is 13. The predicted molar refractivity (Wildman–Crippen MR) is 373 cm³/mol. The fourth-order valence-corrected chi connectivity index (χ4v) is 17.7. The molecular formula is C87H74. The molecule has 0 N–H and O–H groups in total. The lowest BCUT2D eigenvalue weighted by Gasteiger charge is -2.31. The first-order valence-electron chi connectivity index (χ1n) is 32.6. The molecule has 0 saturated heterocycles. The number of aryl methyl sites for hydroxylation is 1. The van der Waals surface area contributed by atoms with Crippen molar-refractivity contribution in [1.82, 2.24) is 0 Å². The Labute approximate surface area is 514 Å². The lowest BCUT2D eigenvalue weighted by molar-refractivity contribution is 0.490. The predicted octanol–water partition coefficient (Wildman–Crippen LogP) is 24.5. The Bertz CT molecular complexity index is 4860. The van der Waals surface area contributed by atoms with Crippen LogP contribution in [0.4, 0.5) is 0 Å². The molecule has 87 heavy (non-hydrogen) atoms. The van der Waals surface area contributed by atoms with Crippen molar-refractivity contribution in [1.29, 1.82) is 0 Å². The van der Waals surface area contributed by atoms with E-state index in [0.717, 1.165) is 44.9 Å². The van der Waals surface area contributed by atoms with Gasteiger partial charge in [-0.3, -0.25) is 0 Å². The Kier molecular flexibility index (Phi) is 12.4. The van der Waals surface area contributed by atoms with Crippen molar-refractivity contribution in [2.75, 3.05) is 0 Å². The van der Waals surface area contributed by atoms with Crippen molar-refractivity contribution >= 4 is 43.1 Å². The summed E-state index contributed by atoms with van der Waals surface area (Å²) >= 11 is 0. The van der Waals surface area contributed by atoms with Crippen LogP contribution < -0.4 is 0 Å². The second kappa shape index (κ2) is 20.3. The molecule has 13 aromatic carbocycles. The van der Waals surface area contributed by atoms with Crippen LogP contribution in [-0.2, 0) is 22.7 Å². The normalized spacial score (nSPS) is 14.5. The highest BCUT2D eigenvalue weighted by Gasteiger charge is 2.44. The molecular weight excluding hydrogens is 1040 g/mol. The van der Waals surface area contributed by atoms with Crippen LogP contribution >= 0.6 is 0 Å². The average molecular weight is 1120 g/mol. The van der Waals surface area contributed by atoms with Crippen LogP contribution in [0.3, 0.4) is 0 Å². The van der Waals surface area contributed by atoms with E-state index in [1.807, 2.05) is 0 Å². The van der Waals surface area contributed by atoms with E-state index < -0.39 is 0 Å². The first-order chi connectivity index (χ1) is 42.8. The van der Waals surface area contributed by atoms with Crippen molar-refractivity contribution in [2.45, 2.75) is 110 Å². The van der Waals surface area contributed by atoms with Crippen molar-refractivity contribution in [2.24, 2.45) is 0 Å². The van der Waals surface area contributed by atoms with Gasteiger partial charge in [0, 0.05) is 16.2 Å². The number of benzene rings is 13. The van der Waals surface area contributed by atoms with Crippen molar-refractivity contribution in [3.05, 3.63) is 276 Å². The molecule has 0 radical (unpaired) electrons. The van der Waals surface area contributed by atoms with Gasteiger partial charge in [-0.15, -0.1) is 0 Å². The van der Waals surface area contributed by atoms with Gasteiger partial charge in [0.15, 0.2) is 0 Å². The second-order valence-corrected chi connectivity index (χ2v) is 25.4. The van der Waals surface area contributed by atoms with Crippen LogP contribution in [0.5, 0.6) is 0 Å². The second-order valence-electron chi connectivity index (χ2n) is 25.4. The van der Waals surface area contributed by atoms with Gasteiger partial charge in [-0.2, -0.15) is 0 Å². The summed E-state index contributed by atoms with van der Waals surface area (Å²) in [6.07, 6.45) is 7.27. The molecule has 13 aromatic rings. The monoisotopic (exact) mass is 1120 g/mol. The Balaban J connectivity index is 0.784. The Morgan fingerprint density at radius 2 is 0.437 bits per heavy atom. The molecule has 3 aliphatic rings. The molecule has 0 spiro atoms. The van der Waals surface area contributed by atoms with Crippen LogP contribution in [-0.4, -0.2) is 0 Å². The van der Waals surface area contributed by atoms with Gasteiger partial charge in [0.1, 0.15) is 0 Å². The molecule has 0 bridgehead atoms. The maximum absolute atomic E-state index is 2.60. The maximum Gasteiger partial charge on any atom is 0.0210 e. The number of rotatable bonds is 12. The van der Waals surface area contributed by atoms with E-state index in [2.05, 4.69) is 285 Å². The minimum Gasteiger partial charge on any atom is -0.0642 e. The maximum atomic E-state index is 2.60. The molecule has 0 nitrogen and oxygen atoms in total. The molecule has 0 aromatic heterocycles. The van der Waals surface area contributed by atoms with Crippen LogP contribution in [0.2, 0.25) is 0 Å². The van der Waals surface area contributed by atoms with Crippen molar-refractivity contribution < 1.29 is 0 Å². The highest BCUT2D eigenvalue weighted by atomic mass is 14.5. The van der Waals surface area contributed by atoms with E-state index >= 15 is 0 Å². The van der Waals surface area contributed by atoms with Gasteiger partial charge in [-0.25, -0.2) is 0 Å². The van der Waals surface area contributed by atoms with Gasteiger partial charge in [-0.1, -0.05) is 255 Å². The fraction of sp³-hybridized carbons (Fsp3) is 0.195. The van der Waals surface area contributed by atoms with E-state index in [1.54, 1.807) is 0 Å². The van der Waals surface area contributed by atoms with E-state index in [-0.39, 0.29) is 16.2 Å². The Morgan fingerprint density at radius 1 is 0.207 bits per heavy atom. The van der Waals surface area contributed by atoms with E-state index in [4.69, 9.17) is 0 Å². The third kappa shape index (κ3) is 7.43. The summed E-state index contributed by atoms with van der Waals surface area (Å²) in [6.45, 7) is 16.7. The highest BCUT2D eigenvalue weighted by Crippen LogP contribution is 2.59. The molecule has 0 saturated carbocycles. The standard InChI is InChI=1S/C87H74/c1-8-54-35-37-55(38-36-54)81-67-26-15-17-28-69(67)82(70-29-18-16-27-68(70)81)59-42-47-65-63-44-39-56(49-76(63)86(11-4,12-5)79(65)52-59)57-40-45-64-66-48-43-60(53-80(66)87(13-6,14-7)77(64)50-57)84-73-32-21-19-30-71(73)83(72-31-20-22-33-74(72)84)58-41-46-62-61-25-23-24-34-75(61)85(9-2,10-3)78(62)51-58/h15-53H,8-14H2,1-7H3. The largest absolute Gasteiger partial charge is 0.0642 e. The Morgan fingerprint density at radius 3 is 0.736 bits per heavy atom. The molecule has 0 amide bonds. The van der Waals surface area contributed by atoms with Gasteiger partial charge < -0.3 is 0 Å². The van der Waals surface area contributed by atoms with Gasteiger partial charge in [-0.05, 0) is 246 Å². The molecule has 0 unspecified atom stereocenters. The summed E-state index contributed by atoms with van der Waals surface area (Å²) in [5, 5.41) is 10.4. The van der Waals surface area contributed by atoms with E-state index in [0.29, 0.717) is 0 Å². The molecule has 0 atom stereocenters. The van der Waals surface area contributed by atoms with E-state index in [1.165, 1.54) is 171 Å². The average Bonchev–Trinajstić information content (AvgIpc) is 1.84. The number of hydrogen-bond donors (Lipinski definition) is 0. The lowest BCUT2D eigenvalue weighted by atomic mass is 9.72. The zero-order valence-electron chi connectivity index (χ0n) is 51.5. The Hall–Kier alpha value is -9.10. The SMILES string of the molecule is CCc1ccc(-c2c3ccccc3c(-c3ccc4c(c3)C(CC)(CC)c3cc(-c5ccc6c(c5)C(CC)(CC)c5cc(-c7c8ccccc8c(-c8ccc9c(c8)C(CC)(CC)c8ccccc8-9)c8ccccc78)ccc5-6)ccc3-4)c3ccccc23)cc1. The summed E-state index contributed by atoms with van der Waals surface area (Å²) < 4.78 is 0. The van der Waals surface area contributed by atoms with Gasteiger partial charge in [0.05, 0.1) is 0 Å². The van der Waals surface area contributed by atoms with Gasteiger partial charge >= 0.3 is 0 Å². The molecule has 422 valence electrons. The molecule has 0 heterocycles. The summed E-state index contributed by atoms with van der Waals surface area (Å²) in [6, 6.07) is 92.3. The van der Waals surface area contributed by atoms with Crippen LogP contribution in [0.1, 0.15) is 126 Å². The lowest BCUT2D eigenvalue weighted by Crippen LogP contribution is -2.23. The van der Waals surface area contributed by atoms with Crippen molar-refractivity contribution in [3.63, 3.8) is 0 Å². The molecule has 3 aliphatic carbocycles. The minimum atomic E-state index is -0.137.